The van der Waals surface area contributed by atoms with Gasteiger partial charge in [-0.1, -0.05) is 151 Å². The highest BCUT2D eigenvalue weighted by Crippen LogP contribution is 2.29. The van der Waals surface area contributed by atoms with E-state index in [1.807, 2.05) is 132 Å². The molecule has 0 aliphatic carbocycles. The van der Waals surface area contributed by atoms with Crippen LogP contribution < -0.4 is 14.9 Å². The second kappa shape index (κ2) is 53.6. The Morgan fingerprint density at radius 1 is 0.537 bits per heavy atom. The number of rotatable bonds is 23. The third-order valence-electron chi connectivity index (χ3n) is 12.7. The molecule has 108 heavy (non-hydrogen) atoms. The number of aliphatic hydroxyl groups excluding tert-OH is 1. The van der Waals surface area contributed by atoms with Gasteiger partial charge in [-0.3, -0.25) is 28.8 Å². The molecular weight excluding hydrogens is 1580 g/mol. The number of benzene rings is 6. The van der Waals surface area contributed by atoms with Gasteiger partial charge in [0.05, 0.1) is 35.4 Å². The molecule has 0 saturated carbocycles. The lowest BCUT2D eigenvalue weighted by atomic mass is 9.80. The maximum absolute atomic E-state index is 11.3. The zero-order valence-corrected chi connectivity index (χ0v) is 65.9. The number of oxime groups is 2. The van der Waals surface area contributed by atoms with Crippen molar-refractivity contribution in [3.05, 3.63) is 224 Å². The molecule has 9 rings (SSSR count). The number of ketones is 7. The Kier molecular flexibility index (Phi) is 47.1. The molecule has 0 amide bonds. The lowest BCUT2D eigenvalue weighted by Crippen LogP contribution is -2.29. The number of aromatic hydroxyl groups is 2. The van der Waals surface area contributed by atoms with E-state index in [2.05, 4.69) is 55.7 Å². The number of halogens is 2. The zero-order chi connectivity index (χ0) is 81.3. The number of aliphatic hydroxyl groups is 1. The van der Waals surface area contributed by atoms with Gasteiger partial charge in [0, 0.05) is 50.2 Å². The molecule has 0 radical (unpaired) electrons. The quantitative estimate of drug-likeness (QED) is 0.00457. The smallest absolute Gasteiger partial charge is 0.488 e. The summed E-state index contributed by atoms with van der Waals surface area (Å²) in [6.07, 6.45) is -0.362. The Balaban J connectivity index is 0.000000626. The van der Waals surface area contributed by atoms with Gasteiger partial charge in [-0.2, -0.15) is 0 Å². The van der Waals surface area contributed by atoms with Gasteiger partial charge in [0.1, 0.15) is 96.4 Å². The number of phenolic OH excluding ortho intramolecular Hbond substituents is 2. The van der Waals surface area contributed by atoms with Crippen LogP contribution in [0.25, 0.3) is 11.1 Å². The molecule has 0 fully saturated rings. The van der Waals surface area contributed by atoms with Crippen molar-refractivity contribution in [3.63, 3.8) is 0 Å². The van der Waals surface area contributed by atoms with Crippen LogP contribution in [0.15, 0.2) is 188 Å². The lowest BCUT2D eigenvalue weighted by Gasteiger charge is -2.09. The molecule has 0 spiro atoms. The Hall–Kier alpha value is -11.1. The van der Waals surface area contributed by atoms with Gasteiger partial charge in [-0.05, 0) is 149 Å². The Morgan fingerprint density at radius 3 is 1.29 bits per heavy atom. The van der Waals surface area contributed by atoms with Crippen molar-refractivity contribution in [3.8, 4) is 34.1 Å². The normalized spacial score (nSPS) is 10.0. The van der Waals surface area contributed by atoms with Crippen molar-refractivity contribution in [1.29, 1.82) is 0 Å². The molecule has 28 nitrogen and oxygen atoms in total. The van der Waals surface area contributed by atoms with Crippen LogP contribution in [-0.2, 0) is 59.9 Å². The first-order chi connectivity index (χ1) is 51.3. The third kappa shape index (κ3) is 39.3. The highest BCUT2D eigenvalue weighted by atomic mass is 127. The first-order valence-corrected chi connectivity index (χ1v) is 34.7. The summed E-state index contributed by atoms with van der Waals surface area (Å²) in [6, 6.07) is 48.7. The molecule has 0 aliphatic heterocycles. The standard InChI is InChI=1S/C16H16BrNO2.C16H17NO3.C12H11NO3.C7H10O4.C6H7BO3.C6H6INO2.C6H7NO2.C5H8O3.C3H6O/c1-19-18-16(14-5-3-2-4-6-14)12-20-15-9-7-13(11-17)8-10-15;1-19-17-16(14-5-3-2-4-6-14)12-20-15-9-7-13(11-18)8-10-15;1-7(14)12-11(8(2)16-13-12)9-3-5-10(15)6-4-9;1-3-11-7(10)6(9)4-5(2)8;8-6-3-1-5(2-4-6)7(9)10;1-3(9)6-5(7)4(2)10-8-6;1-4-3-6(5(2)8)7-9-4;1-3-8-5(7)4(2)6;1-3(2)4/h2-10H,11-12H2,1H3;2-10,18H,11-12H2,1H3;3-6,15H,1-2H3;3-4H2,1-2H3;1-4,8-10H;1-2H3;3H,1-2H3;3H2,1-2H3;1-2H3/b18-16-;17-16-;;;;;;;. The number of aryl methyl sites for hydroxylation is 3. The highest BCUT2D eigenvalue weighted by Gasteiger charge is 2.19. The van der Waals surface area contributed by atoms with E-state index in [-0.39, 0.29) is 66.7 Å². The minimum absolute atomic E-state index is 0.0285. The summed E-state index contributed by atoms with van der Waals surface area (Å²) in [7, 11) is 1.59. The second-order valence-electron chi connectivity index (χ2n) is 21.9. The van der Waals surface area contributed by atoms with Gasteiger partial charge in [-0.25, -0.2) is 9.59 Å². The van der Waals surface area contributed by atoms with Crippen molar-refractivity contribution >= 4 is 115 Å². The SMILES string of the molecule is CC(=O)c1cc(C)on1.CC(=O)c1noc(C)c1-c1ccc(O)cc1.CC(=O)c1noc(C)c1I.CC(C)=O.CCOC(=O)C(=O)CC(C)=O.CCOC(=O)C(C)=O.CO/N=C(/COc1ccc(CBr)cc1)c1ccccc1.CO/N=C(/COc1ccc(CO)cc1)c1ccccc1.OB(O)c1ccc(O)cc1. The number of Topliss-reactive ketones (excluding diaryl/α,β-unsaturated/α-hetero) is 7. The summed E-state index contributed by atoms with van der Waals surface area (Å²) in [5.74, 6) is 0.363. The molecule has 3 heterocycles. The summed E-state index contributed by atoms with van der Waals surface area (Å²) < 4.78 is 35.4. The number of hydrogen-bond donors (Lipinski definition) is 5. The van der Waals surface area contributed by atoms with Crippen LogP contribution in [0.3, 0.4) is 0 Å². The Bertz CT molecular complexity index is 4170. The summed E-state index contributed by atoms with van der Waals surface area (Å²) in [6.45, 7) is 19.5. The maximum atomic E-state index is 11.3. The molecule has 5 N–H and O–H groups in total. The van der Waals surface area contributed by atoms with Crippen molar-refractivity contribution in [2.75, 3.05) is 40.6 Å². The van der Waals surface area contributed by atoms with Crippen LogP contribution in [0.4, 0.5) is 0 Å². The van der Waals surface area contributed by atoms with E-state index in [0.29, 0.717) is 58.6 Å². The van der Waals surface area contributed by atoms with E-state index in [0.717, 1.165) is 54.1 Å². The van der Waals surface area contributed by atoms with Crippen LogP contribution in [-0.4, -0.2) is 152 Å². The number of alkyl halides is 1. The summed E-state index contributed by atoms with van der Waals surface area (Å²) in [5, 5.41) is 63.8. The molecule has 0 atom stereocenters. The number of carbonyl (C=O) groups is 9. The van der Waals surface area contributed by atoms with E-state index >= 15 is 0 Å². The van der Waals surface area contributed by atoms with E-state index in [9.17, 15) is 48.3 Å². The van der Waals surface area contributed by atoms with Crippen LogP contribution in [0.5, 0.6) is 23.0 Å². The monoisotopic (exact) mass is 1670 g/mol. The largest absolute Gasteiger partial charge is 0.508 e. The average Bonchev–Trinajstić information content (AvgIpc) is 1.67. The Labute approximate surface area is 647 Å². The Morgan fingerprint density at radius 2 is 0.963 bits per heavy atom. The summed E-state index contributed by atoms with van der Waals surface area (Å²) in [5.41, 5.74) is 8.52. The minimum atomic E-state index is -1.46. The number of nitrogens with zero attached hydrogens (tertiary/aromatic N) is 5. The van der Waals surface area contributed by atoms with Crippen molar-refractivity contribution in [1.82, 2.24) is 15.5 Å². The van der Waals surface area contributed by atoms with Crippen molar-refractivity contribution in [2.24, 2.45) is 10.3 Å². The van der Waals surface area contributed by atoms with Gasteiger partial charge in [0.25, 0.3) is 0 Å². The number of carbonyl (C=O) groups excluding carboxylic acids is 9. The minimum Gasteiger partial charge on any atom is -0.508 e. The number of hydrogen-bond acceptors (Lipinski definition) is 28. The van der Waals surface area contributed by atoms with Crippen molar-refractivity contribution in [2.45, 2.75) is 101 Å². The predicted octanol–water partition coefficient (Wildman–Crippen LogP) is 12.1. The third-order valence-corrected chi connectivity index (χ3v) is 14.6. The van der Waals surface area contributed by atoms with Gasteiger partial charge in [0.15, 0.2) is 28.7 Å². The highest BCUT2D eigenvalue weighted by molar-refractivity contribution is 14.1. The van der Waals surface area contributed by atoms with Gasteiger partial charge in [0.2, 0.25) is 11.6 Å². The van der Waals surface area contributed by atoms with Crippen molar-refractivity contribution < 1.29 is 111 Å². The maximum Gasteiger partial charge on any atom is 0.488 e. The zero-order valence-electron chi connectivity index (χ0n) is 62.2. The van der Waals surface area contributed by atoms with E-state index < -0.39 is 30.6 Å². The van der Waals surface area contributed by atoms with E-state index in [1.165, 1.54) is 92.5 Å². The average molecular weight is 1670 g/mol. The summed E-state index contributed by atoms with van der Waals surface area (Å²) >= 11 is 5.46. The molecule has 31 heteroatoms. The van der Waals surface area contributed by atoms with Gasteiger partial charge < -0.3 is 72.4 Å². The molecule has 3 aromatic heterocycles. The fraction of sp³-hybridized carbons (Fsp3) is 0.273. The first kappa shape index (κ1) is 94.9. The molecule has 9 aromatic rings. The summed E-state index contributed by atoms with van der Waals surface area (Å²) in [4.78, 5) is 104. The molecule has 6 aromatic carbocycles. The van der Waals surface area contributed by atoms with Crippen LogP contribution in [0.2, 0.25) is 0 Å². The van der Waals surface area contributed by atoms with Crippen LogP contribution >= 0.6 is 38.5 Å². The number of phenols is 2. The molecule has 576 valence electrons. The number of aromatic nitrogens is 3. The molecule has 0 unspecified atom stereocenters. The molecule has 0 aliphatic rings. The van der Waals surface area contributed by atoms with Gasteiger partial charge in [-0.15, -0.1) is 0 Å². The van der Waals surface area contributed by atoms with E-state index in [1.54, 1.807) is 65.0 Å². The first-order valence-electron chi connectivity index (χ1n) is 32.5. The lowest BCUT2D eigenvalue weighted by molar-refractivity contribution is -0.154. The topological polar surface area (TPSA) is 413 Å². The van der Waals surface area contributed by atoms with E-state index in [4.69, 9.17) is 48.5 Å². The van der Waals surface area contributed by atoms with Gasteiger partial charge >= 0.3 is 19.1 Å². The predicted molar refractivity (Wildman–Crippen MR) is 414 cm³/mol. The molecule has 0 saturated heterocycles. The molecule has 0 bridgehead atoms. The number of esters is 2. The molecular formula is C77H88BBrIN5O23. The van der Waals surface area contributed by atoms with Crippen LogP contribution in [0.1, 0.15) is 140 Å². The second-order valence-corrected chi connectivity index (χ2v) is 23.5. The fourth-order valence-electron chi connectivity index (χ4n) is 7.56. The fourth-order valence-corrected chi connectivity index (χ4v) is 8.51. The van der Waals surface area contributed by atoms with Crippen LogP contribution in [0, 0.1) is 24.3 Å². The number of ether oxygens (including phenoxy) is 4.